The minimum Gasteiger partial charge on any atom is -0.495 e. The molecule has 4 aromatic rings. The van der Waals surface area contributed by atoms with Crippen LogP contribution >= 0.6 is 23.3 Å². The Hall–Kier alpha value is -3.75. The minimum absolute atomic E-state index is 0.298. The zero-order chi connectivity index (χ0) is 24.8. The van der Waals surface area contributed by atoms with Gasteiger partial charge in [0.2, 0.25) is 12.3 Å². The SMILES string of the molecule is CNC(=O)/C=C\N(C=O)c1cc(-c2ccsc2)c(OC)c(-c2ccc3cc(NSC)ccc3c2)c1. The zero-order valence-electron chi connectivity index (χ0n) is 19.6. The van der Waals surface area contributed by atoms with E-state index in [1.807, 2.05) is 41.3 Å². The molecule has 3 aromatic carbocycles. The standard InChI is InChI=1S/C27H25N3O3S2/c1-28-26(32)8-10-30(17-31)23-14-24(27(33-2)25(15-23)21-9-11-35-16-21)20-5-4-19-13-22(29-34-3)7-6-18(19)12-20/h4-17,29H,1-3H3,(H,28,32)/b10-8-. The second-order valence-corrected chi connectivity index (χ2v) is 9.00. The summed E-state index contributed by atoms with van der Waals surface area (Å²) in [6.45, 7) is 0. The van der Waals surface area contributed by atoms with Gasteiger partial charge in [-0.2, -0.15) is 11.3 Å². The fraction of sp³-hybridized carbons (Fsp3) is 0.111. The number of anilines is 2. The number of carbonyl (C=O) groups excluding carboxylic acids is 2. The summed E-state index contributed by atoms with van der Waals surface area (Å²) in [4.78, 5) is 25.1. The molecule has 0 bridgehead atoms. The molecule has 4 rings (SSSR count). The van der Waals surface area contributed by atoms with Gasteiger partial charge in [-0.25, -0.2) is 0 Å². The number of carbonyl (C=O) groups is 2. The maximum atomic E-state index is 12.0. The third-order valence-corrected chi connectivity index (χ3v) is 6.65. The third kappa shape index (κ3) is 5.34. The van der Waals surface area contributed by atoms with Crippen LogP contribution in [0.15, 0.2) is 77.6 Å². The van der Waals surface area contributed by atoms with Crippen molar-refractivity contribution in [1.82, 2.24) is 5.32 Å². The van der Waals surface area contributed by atoms with Crippen LogP contribution in [-0.2, 0) is 9.59 Å². The molecule has 0 fully saturated rings. The number of fused-ring (bicyclic) bond motifs is 1. The Labute approximate surface area is 212 Å². The number of rotatable bonds is 9. The molecule has 6 nitrogen and oxygen atoms in total. The van der Waals surface area contributed by atoms with E-state index in [2.05, 4.69) is 40.4 Å². The maximum absolute atomic E-state index is 12.0. The van der Waals surface area contributed by atoms with E-state index in [4.69, 9.17) is 4.74 Å². The molecule has 0 aliphatic carbocycles. The Kier molecular flexibility index (Phi) is 7.74. The average molecular weight is 504 g/mol. The monoisotopic (exact) mass is 503 g/mol. The predicted molar refractivity (Wildman–Crippen MR) is 148 cm³/mol. The first-order valence-electron chi connectivity index (χ1n) is 10.8. The van der Waals surface area contributed by atoms with Crippen molar-refractivity contribution >= 4 is 57.7 Å². The molecular formula is C27H25N3O3S2. The molecule has 0 saturated heterocycles. The normalized spacial score (nSPS) is 10.9. The number of nitrogens with zero attached hydrogens (tertiary/aromatic N) is 1. The van der Waals surface area contributed by atoms with Gasteiger partial charge in [0, 0.05) is 48.1 Å². The van der Waals surface area contributed by atoms with Crippen LogP contribution in [0.1, 0.15) is 0 Å². The summed E-state index contributed by atoms with van der Waals surface area (Å²) in [7, 11) is 3.19. The van der Waals surface area contributed by atoms with E-state index in [-0.39, 0.29) is 5.91 Å². The van der Waals surface area contributed by atoms with Gasteiger partial charge in [0.1, 0.15) is 5.75 Å². The summed E-state index contributed by atoms with van der Waals surface area (Å²) in [5.41, 5.74) is 5.32. The minimum atomic E-state index is -0.298. The van der Waals surface area contributed by atoms with E-state index in [1.54, 1.807) is 30.4 Å². The van der Waals surface area contributed by atoms with Gasteiger partial charge in [-0.3, -0.25) is 14.5 Å². The molecule has 0 unspecified atom stereocenters. The number of benzene rings is 3. The zero-order valence-corrected chi connectivity index (χ0v) is 21.2. The first-order chi connectivity index (χ1) is 17.1. The number of thiophene rings is 1. The Bertz CT molecular complexity index is 1380. The van der Waals surface area contributed by atoms with Crippen LogP contribution in [0.25, 0.3) is 33.0 Å². The van der Waals surface area contributed by atoms with Crippen LogP contribution in [0.2, 0.25) is 0 Å². The van der Waals surface area contributed by atoms with Gasteiger partial charge in [-0.1, -0.05) is 30.1 Å². The van der Waals surface area contributed by atoms with Crippen molar-refractivity contribution in [3.05, 3.63) is 77.6 Å². The molecular weight excluding hydrogens is 478 g/mol. The first kappa shape index (κ1) is 24.4. The molecule has 0 atom stereocenters. The van der Waals surface area contributed by atoms with E-state index in [1.165, 1.54) is 24.2 Å². The number of hydrogen-bond donors (Lipinski definition) is 2. The van der Waals surface area contributed by atoms with E-state index >= 15 is 0 Å². The summed E-state index contributed by atoms with van der Waals surface area (Å²) < 4.78 is 9.17. The summed E-state index contributed by atoms with van der Waals surface area (Å²) in [6.07, 6.45) is 5.45. The van der Waals surface area contributed by atoms with Gasteiger partial charge < -0.3 is 14.8 Å². The number of amides is 2. The molecule has 1 aromatic heterocycles. The van der Waals surface area contributed by atoms with Gasteiger partial charge in [-0.15, -0.1) is 0 Å². The van der Waals surface area contributed by atoms with Crippen LogP contribution in [0, 0.1) is 0 Å². The molecule has 2 N–H and O–H groups in total. The largest absolute Gasteiger partial charge is 0.495 e. The Morgan fingerprint density at radius 3 is 2.43 bits per heavy atom. The molecule has 0 aliphatic rings. The molecule has 1 heterocycles. The molecule has 0 aliphatic heterocycles. The summed E-state index contributed by atoms with van der Waals surface area (Å²) in [5, 5.41) is 8.76. The van der Waals surface area contributed by atoms with Crippen LogP contribution < -0.4 is 19.7 Å². The number of methoxy groups -OCH3 is 1. The lowest BCUT2D eigenvalue weighted by molar-refractivity contribution is -0.116. The van der Waals surface area contributed by atoms with E-state index in [0.29, 0.717) is 17.8 Å². The topological polar surface area (TPSA) is 70.7 Å². The van der Waals surface area contributed by atoms with Crippen LogP contribution in [0.3, 0.4) is 0 Å². The van der Waals surface area contributed by atoms with E-state index in [9.17, 15) is 9.59 Å². The average Bonchev–Trinajstić information content (AvgIpc) is 3.43. The lowest BCUT2D eigenvalue weighted by atomic mass is 9.95. The smallest absolute Gasteiger partial charge is 0.245 e. The lowest BCUT2D eigenvalue weighted by Crippen LogP contribution is -2.18. The fourth-order valence-corrected chi connectivity index (χ4v) is 4.86. The van der Waals surface area contributed by atoms with Crippen LogP contribution in [0.5, 0.6) is 5.75 Å². The highest BCUT2D eigenvalue weighted by atomic mass is 32.2. The van der Waals surface area contributed by atoms with Crippen molar-refractivity contribution in [2.45, 2.75) is 0 Å². The van der Waals surface area contributed by atoms with Crippen molar-refractivity contribution in [1.29, 1.82) is 0 Å². The summed E-state index contributed by atoms with van der Waals surface area (Å²) >= 11 is 3.14. The predicted octanol–water partition coefficient (Wildman–Crippen LogP) is 6.16. The second-order valence-electron chi connectivity index (χ2n) is 7.61. The van der Waals surface area contributed by atoms with Gasteiger partial charge in [0.25, 0.3) is 0 Å². The highest BCUT2D eigenvalue weighted by Crippen LogP contribution is 2.43. The molecule has 0 radical (unpaired) electrons. The van der Waals surface area contributed by atoms with Gasteiger partial charge in [0.15, 0.2) is 0 Å². The Morgan fingerprint density at radius 2 is 1.77 bits per heavy atom. The molecule has 2 amide bonds. The van der Waals surface area contributed by atoms with Crippen molar-refractivity contribution < 1.29 is 14.3 Å². The van der Waals surface area contributed by atoms with Crippen LogP contribution in [0.4, 0.5) is 11.4 Å². The number of hydrogen-bond acceptors (Lipinski definition) is 6. The van der Waals surface area contributed by atoms with Gasteiger partial charge >= 0.3 is 0 Å². The van der Waals surface area contributed by atoms with Crippen molar-refractivity contribution in [3.8, 4) is 28.0 Å². The quantitative estimate of drug-likeness (QED) is 0.163. The van der Waals surface area contributed by atoms with Crippen molar-refractivity contribution in [2.75, 3.05) is 30.0 Å². The summed E-state index contributed by atoms with van der Waals surface area (Å²) in [5.74, 6) is 0.418. The summed E-state index contributed by atoms with van der Waals surface area (Å²) in [6, 6.07) is 18.3. The molecule has 178 valence electrons. The highest BCUT2D eigenvalue weighted by molar-refractivity contribution is 7.99. The Balaban J connectivity index is 1.89. The second kappa shape index (κ2) is 11.1. The molecule has 0 spiro atoms. The molecule has 0 saturated carbocycles. The molecule has 8 heteroatoms. The van der Waals surface area contributed by atoms with Crippen molar-refractivity contribution in [3.63, 3.8) is 0 Å². The fourth-order valence-electron chi connectivity index (χ4n) is 3.84. The van der Waals surface area contributed by atoms with Crippen LogP contribution in [-0.4, -0.2) is 32.7 Å². The number of nitrogens with one attached hydrogen (secondary N) is 2. The van der Waals surface area contributed by atoms with E-state index < -0.39 is 0 Å². The highest BCUT2D eigenvalue weighted by Gasteiger charge is 2.18. The first-order valence-corrected chi connectivity index (χ1v) is 13.0. The molecule has 35 heavy (non-hydrogen) atoms. The third-order valence-electron chi connectivity index (χ3n) is 5.53. The lowest BCUT2D eigenvalue weighted by Gasteiger charge is -2.20. The number of likely N-dealkylation sites (N-methyl/N-ethyl adjacent to an activating group) is 1. The van der Waals surface area contributed by atoms with Crippen molar-refractivity contribution in [2.24, 2.45) is 0 Å². The van der Waals surface area contributed by atoms with Gasteiger partial charge in [0.05, 0.1) is 7.11 Å². The Morgan fingerprint density at radius 1 is 1.03 bits per heavy atom. The van der Waals surface area contributed by atoms with E-state index in [0.717, 1.165) is 38.7 Å². The number of ether oxygens (including phenoxy) is 1. The van der Waals surface area contributed by atoms with Gasteiger partial charge in [-0.05, 0) is 69.1 Å². The maximum Gasteiger partial charge on any atom is 0.245 e.